The lowest BCUT2D eigenvalue weighted by atomic mass is 9.78. The lowest BCUT2D eigenvalue weighted by Gasteiger charge is -2.35. The lowest BCUT2D eigenvalue weighted by molar-refractivity contribution is 0.0315. The number of nitrogens with zero attached hydrogens (tertiary/aromatic N) is 1. The molecule has 5 rings (SSSR count). The zero-order valence-corrected chi connectivity index (χ0v) is 19.3. The van der Waals surface area contributed by atoms with Gasteiger partial charge >= 0.3 is 0 Å². The van der Waals surface area contributed by atoms with E-state index in [-0.39, 0.29) is 6.10 Å². The van der Waals surface area contributed by atoms with Crippen molar-refractivity contribution in [1.29, 1.82) is 0 Å². The van der Waals surface area contributed by atoms with Crippen LogP contribution in [0.4, 0.5) is 0 Å². The Morgan fingerprint density at radius 2 is 1.44 bits per heavy atom. The van der Waals surface area contributed by atoms with Gasteiger partial charge in [-0.1, -0.05) is 79.2 Å². The minimum absolute atomic E-state index is 0.234. The minimum atomic E-state index is 0.234. The Morgan fingerprint density at radius 1 is 0.781 bits per heavy atom. The number of hydrogen-bond acceptors (Lipinski definition) is 2. The average molecular weight is 426 g/mol. The van der Waals surface area contributed by atoms with Crippen LogP contribution in [-0.4, -0.2) is 31.6 Å². The van der Waals surface area contributed by atoms with Gasteiger partial charge in [0.05, 0.1) is 6.10 Å². The number of ether oxygens (including phenoxy) is 1. The molecule has 2 atom stereocenters. The highest BCUT2D eigenvalue weighted by molar-refractivity contribution is 5.71. The van der Waals surface area contributed by atoms with Crippen molar-refractivity contribution in [2.24, 2.45) is 5.92 Å². The number of hydrogen-bond donors (Lipinski definition) is 0. The number of fused-ring (bicyclic) bond motifs is 1. The average Bonchev–Trinajstić information content (AvgIpc) is 2.88. The van der Waals surface area contributed by atoms with Gasteiger partial charge in [0, 0.05) is 7.11 Å². The van der Waals surface area contributed by atoms with Gasteiger partial charge in [-0.25, -0.2) is 0 Å². The molecule has 1 saturated heterocycles. The zero-order chi connectivity index (χ0) is 21.8. The number of rotatable bonds is 6. The van der Waals surface area contributed by atoms with Crippen LogP contribution < -0.4 is 0 Å². The van der Waals surface area contributed by atoms with E-state index in [1.165, 1.54) is 85.1 Å². The van der Waals surface area contributed by atoms with Crippen molar-refractivity contribution >= 4 is 0 Å². The fraction of sp³-hybridized carbons (Fsp3) is 0.400. The smallest absolute Gasteiger partial charge is 0.0852 e. The number of likely N-dealkylation sites (tertiary alicyclic amines) is 1. The second-order valence-electron chi connectivity index (χ2n) is 9.50. The Labute approximate surface area is 193 Å². The maximum Gasteiger partial charge on any atom is 0.0852 e. The molecule has 2 nitrogen and oxygen atoms in total. The predicted octanol–water partition coefficient (Wildman–Crippen LogP) is 7.15. The molecule has 1 fully saturated rings. The molecule has 2 aliphatic rings. The van der Waals surface area contributed by atoms with E-state index in [1.54, 1.807) is 0 Å². The van der Waals surface area contributed by atoms with E-state index in [0.29, 0.717) is 5.92 Å². The van der Waals surface area contributed by atoms with E-state index < -0.39 is 0 Å². The first-order valence-corrected chi connectivity index (χ1v) is 12.4. The SMILES string of the molecule is COC1c2ccc(-c3ccc(-c4ccccc4)cc3)cc2CCC1CCN1CCCCC1. The molecule has 0 spiro atoms. The molecule has 32 heavy (non-hydrogen) atoms. The van der Waals surface area contributed by atoms with Crippen molar-refractivity contribution < 1.29 is 4.74 Å². The van der Waals surface area contributed by atoms with Crippen LogP contribution in [0.3, 0.4) is 0 Å². The molecule has 1 aliphatic carbocycles. The third-order valence-corrected chi connectivity index (χ3v) is 7.51. The number of methoxy groups -OCH3 is 1. The van der Waals surface area contributed by atoms with Crippen LogP contribution >= 0.6 is 0 Å². The van der Waals surface area contributed by atoms with Gasteiger partial charge in [-0.2, -0.15) is 0 Å². The topological polar surface area (TPSA) is 12.5 Å². The molecular formula is C30H35NO. The molecule has 0 N–H and O–H groups in total. The van der Waals surface area contributed by atoms with Gasteiger partial charge in [-0.3, -0.25) is 0 Å². The summed E-state index contributed by atoms with van der Waals surface area (Å²) in [4.78, 5) is 2.66. The molecule has 3 aromatic rings. The highest BCUT2D eigenvalue weighted by Crippen LogP contribution is 2.40. The minimum Gasteiger partial charge on any atom is -0.376 e. The summed E-state index contributed by atoms with van der Waals surface area (Å²) in [6, 6.07) is 26.6. The molecule has 1 aliphatic heterocycles. The van der Waals surface area contributed by atoms with Crippen molar-refractivity contribution in [2.75, 3.05) is 26.7 Å². The summed E-state index contributed by atoms with van der Waals surface area (Å²) in [6.07, 6.45) is 8.03. The second kappa shape index (κ2) is 10.0. The van der Waals surface area contributed by atoms with Crippen LogP contribution in [-0.2, 0) is 11.2 Å². The van der Waals surface area contributed by atoms with Gasteiger partial charge in [-0.15, -0.1) is 0 Å². The Bertz CT molecular complexity index is 1000. The first-order valence-electron chi connectivity index (χ1n) is 12.4. The maximum absolute atomic E-state index is 6.06. The van der Waals surface area contributed by atoms with Crippen molar-refractivity contribution in [1.82, 2.24) is 4.90 Å². The van der Waals surface area contributed by atoms with Gasteiger partial charge in [0.1, 0.15) is 0 Å². The Balaban J connectivity index is 1.30. The van der Waals surface area contributed by atoms with E-state index in [2.05, 4.69) is 77.7 Å². The molecule has 0 radical (unpaired) electrons. The molecule has 3 aromatic carbocycles. The first-order chi connectivity index (χ1) is 15.8. The summed E-state index contributed by atoms with van der Waals surface area (Å²) in [6.45, 7) is 3.80. The van der Waals surface area contributed by atoms with Crippen molar-refractivity contribution in [3.8, 4) is 22.3 Å². The summed E-state index contributed by atoms with van der Waals surface area (Å²) in [5.74, 6) is 0.630. The van der Waals surface area contributed by atoms with Gasteiger partial charge < -0.3 is 9.64 Å². The number of benzene rings is 3. The second-order valence-corrected chi connectivity index (χ2v) is 9.50. The summed E-state index contributed by atoms with van der Waals surface area (Å²) in [5, 5.41) is 0. The molecule has 0 bridgehead atoms. The Morgan fingerprint density at radius 3 is 2.16 bits per heavy atom. The Kier molecular flexibility index (Phi) is 6.71. The molecule has 2 heteroatoms. The van der Waals surface area contributed by atoms with Crippen LogP contribution in [0.5, 0.6) is 0 Å². The lowest BCUT2D eigenvalue weighted by Crippen LogP contribution is -2.33. The van der Waals surface area contributed by atoms with Crippen LogP contribution in [0.15, 0.2) is 72.8 Å². The third kappa shape index (κ3) is 4.67. The highest BCUT2D eigenvalue weighted by Gasteiger charge is 2.30. The Hall–Kier alpha value is -2.42. The fourth-order valence-electron chi connectivity index (χ4n) is 5.66. The van der Waals surface area contributed by atoms with Crippen molar-refractivity contribution in [3.05, 3.63) is 83.9 Å². The van der Waals surface area contributed by atoms with Gasteiger partial charge in [-0.05, 0) is 91.0 Å². The molecule has 1 heterocycles. The molecule has 166 valence electrons. The molecule has 0 amide bonds. The first kappa shape index (κ1) is 21.4. The van der Waals surface area contributed by atoms with Gasteiger partial charge in [0.25, 0.3) is 0 Å². The summed E-state index contributed by atoms with van der Waals surface area (Å²) >= 11 is 0. The summed E-state index contributed by atoms with van der Waals surface area (Å²) in [5.41, 5.74) is 8.01. The van der Waals surface area contributed by atoms with Crippen LogP contribution in [0, 0.1) is 5.92 Å². The molecule has 2 unspecified atom stereocenters. The largest absolute Gasteiger partial charge is 0.376 e. The van der Waals surface area contributed by atoms with Crippen LogP contribution in [0.25, 0.3) is 22.3 Å². The van der Waals surface area contributed by atoms with E-state index in [0.717, 1.165) is 6.42 Å². The molecular weight excluding hydrogens is 390 g/mol. The highest BCUT2D eigenvalue weighted by atomic mass is 16.5. The standard InChI is InChI=1S/C30H35NO/c1-32-30-26(18-21-31-19-6-3-7-20-31)14-15-28-22-27(16-17-29(28)30)25-12-10-24(11-13-25)23-8-4-2-5-9-23/h2,4-5,8-13,16-17,22,26,30H,3,6-7,14-15,18-21H2,1H3. The summed E-state index contributed by atoms with van der Waals surface area (Å²) in [7, 11) is 1.89. The molecule has 0 aromatic heterocycles. The van der Waals surface area contributed by atoms with E-state index >= 15 is 0 Å². The normalized spacial score (nSPS) is 21.3. The maximum atomic E-state index is 6.06. The zero-order valence-electron chi connectivity index (χ0n) is 19.3. The van der Waals surface area contributed by atoms with E-state index in [4.69, 9.17) is 4.74 Å². The van der Waals surface area contributed by atoms with E-state index in [9.17, 15) is 0 Å². The van der Waals surface area contributed by atoms with Crippen LogP contribution in [0.1, 0.15) is 49.3 Å². The van der Waals surface area contributed by atoms with Gasteiger partial charge in [0.15, 0.2) is 0 Å². The molecule has 0 saturated carbocycles. The monoisotopic (exact) mass is 425 g/mol. The predicted molar refractivity (Wildman–Crippen MR) is 134 cm³/mol. The summed E-state index contributed by atoms with van der Waals surface area (Å²) < 4.78 is 6.06. The van der Waals surface area contributed by atoms with Crippen molar-refractivity contribution in [3.63, 3.8) is 0 Å². The quantitative estimate of drug-likeness (QED) is 0.416. The number of aryl methyl sites for hydroxylation is 1. The van der Waals surface area contributed by atoms with Crippen LogP contribution in [0.2, 0.25) is 0 Å². The van der Waals surface area contributed by atoms with Crippen molar-refractivity contribution in [2.45, 2.75) is 44.6 Å². The van der Waals surface area contributed by atoms with Gasteiger partial charge in [0.2, 0.25) is 0 Å². The fourth-order valence-corrected chi connectivity index (χ4v) is 5.66. The van der Waals surface area contributed by atoms with E-state index in [1.807, 2.05) is 7.11 Å². The number of piperidine rings is 1. The third-order valence-electron chi connectivity index (χ3n) is 7.51.